The first kappa shape index (κ1) is 47.1. The second kappa shape index (κ2) is 23.3. The average molecular weight is 900 g/mol. The summed E-state index contributed by atoms with van der Waals surface area (Å²) >= 11 is 0. The second-order valence-electron chi connectivity index (χ2n) is 15.4. The molecule has 1 aliphatic heterocycles. The lowest BCUT2D eigenvalue weighted by Gasteiger charge is -2.34. The highest BCUT2D eigenvalue weighted by Gasteiger charge is 2.40. The molecule has 1 aliphatic rings. The van der Waals surface area contributed by atoms with E-state index in [0.717, 1.165) is 11.1 Å². The number of anilines is 1. The summed E-state index contributed by atoms with van der Waals surface area (Å²) in [5.41, 5.74) is 3.27. The van der Waals surface area contributed by atoms with E-state index in [1.165, 1.54) is 28.6 Å². The van der Waals surface area contributed by atoms with Crippen LogP contribution in [0, 0.1) is 5.92 Å². The Bertz CT molecular complexity index is 2270. The van der Waals surface area contributed by atoms with Crippen molar-refractivity contribution in [2.75, 3.05) is 31.6 Å². The minimum Gasteiger partial charge on any atom is -0.444 e. The fourth-order valence-electron chi connectivity index (χ4n) is 6.65. The SMILES string of the molecule is CC(C)CN(C[C@@H](OP(=O)(OCc1ccccc1)OCc1ccccc1)[C@H](Cc1ccccc1)NC(=O)O[C@H]1CCOC1)S(=O)(=O)c1ccc(NC(=O)OCc2ccccc2)cc1. The molecule has 16 heteroatoms. The van der Waals surface area contributed by atoms with Crippen molar-refractivity contribution >= 4 is 35.7 Å². The van der Waals surface area contributed by atoms with E-state index in [0.29, 0.717) is 29.8 Å². The molecule has 63 heavy (non-hydrogen) atoms. The highest BCUT2D eigenvalue weighted by molar-refractivity contribution is 7.89. The van der Waals surface area contributed by atoms with Crippen LogP contribution in [0.4, 0.5) is 15.3 Å². The molecule has 1 saturated heterocycles. The van der Waals surface area contributed by atoms with Crippen LogP contribution in [0.2, 0.25) is 0 Å². The molecule has 5 aromatic rings. The lowest BCUT2D eigenvalue weighted by atomic mass is 10.0. The molecule has 6 rings (SSSR count). The molecule has 1 heterocycles. The first-order valence-corrected chi connectivity index (χ1v) is 23.7. The molecular formula is C47H54N3O11PS. The van der Waals surface area contributed by atoms with Crippen LogP contribution in [0.15, 0.2) is 150 Å². The molecule has 1 fully saturated rings. The van der Waals surface area contributed by atoms with Gasteiger partial charge in [0, 0.05) is 25.2 Å². The Hall–Kier alpha value is -5.38. The maximum Gasteiger partial charge on any atom is 0.475 e. The number of phosphoric acid groups is 1. The van der Waals surface area contributed by atoms with Gasteiger partial charge in [-0.3, -0.25) is 18.9 Å². The first-order chi connectivity index (χ1) is 30.4. The van der Waals surface area contributed by atoms with Crippen molar-refractivity contribution in [3.63, 3.8) is 0 Å². The van der Waals surface area contributed by atoms with Gasteiger partial charge in [-0.2, -0.15) is 4.31 Å². The Labute approximate surface area is 369 Å². The van der Waals surface area contributed by atoms with Gasteiger partial charge in [-0.05, 0) is 58.9 Å². The molecule has 0 bridgehead atoms. The summed E-state index contributed by atoms with van der Waals surface area (Å²) in [6.07, 6.45) is -2.69. The third kappa shape index (κ3) is 15.1. The number of nitrogens with one attached hydrogen (secondary N) is 2. The van der Waals surface area contributed by atoms with Crippen molar-refractivity contribution in [3.8, 4) is 0 Å². The van der Waals surface area contributed by atoms with Gasteiger partial charge in [-0.15, -0.1) is 0 Å². The van der Waals surface area contributed by atoms with Gasteiger partial charge in [0.05, 0.1) is 37.4 Å². The normalized spacial score (nSPS) is 15.1. The minimum atomic E-state index is -4.58. The largest absolute Gasteiger partial charge is 0.475 e. The number of carbonyl (C=O) groups excluding carboxylic acids is 2. The predicted molar refractivity (Wildman–Crippen MR) is 238 cm³/mol. The predicted octanol–water partition coefficient (Wildman–Crippen LogP) is 9.14. The van der Waals surface area contributed by atoms with Crippen LogP contribution < -0.4 is 10.6 Å². The number of nitrogens with zero attached hydrogens (tertiary/aromatic N) is 1. The summed E-state index contributed by atoms with van der Waals surface area (Å²) in [6, 6.07) is 41.2. The van der Waals surface area contributed by atoms with Crippen LogP contribution in [-0.4, -0.2) is 69.5 Å². The topological polar surface area (TPSA) is 168 Å². The van der Waals surface area contributed by atoms with Crippen molar-refractivity contribution < 1.29 is 50.4 Å². The highest BCUT2D eigenvalue weighted by Crippen LogP contribution is 2.52. The van der Waals surface area contributed by atoms with Gasteiger partial charge in [0.25, 0.3) is 0 Å². The quantitative estimate of drug-likeness (QED) is 0.0636. The molecule has 0 radical (unpaired) electrons. The van der Waals surface area contributed by atoms with Crippen LogP contribution in [0.25, 0.3) is 0 Å². The number of benzene rings is 5. The number of alkyl carbamates (subject to hydrolysis) is 1. The fourth-order valence-corrected chi connectivity index (χ4v) is 9.63. The van der Waals surface area contributed by atoms with Gasteiger partial charge in [-0.25, -0.2) is 22.6 Å². The first-order valence-electron chi connectivity index (χ1n) is 20.8. The number of phosphoric ester groups is 1. The maximum atomic E-state index is 15.0. The van der Waals surface area contributed by atoms with Gasteiger partial charge in [0.2, 0.25) is 10.0 Å². The summed E-state index contributed by atoms with van der Waals surface area (Å²) in [6.45, 7) is 3.75. The second-order valence-corrected chi connectivity index (χ2v) is 18.9. The van der Waals surface area contributed by atoms with Gasteiger partial charge >= 0.3 is 20.0 Å². The summed E-state index contributed by atoms with van der Waals surface area (Å²) in [5.74, 6) is -0.191. The van der Waals surface area contributed by atoms with E-state index in [2.05, 4.69) is 10.6 Å². The zero-order valence-corrected chi connectivity index (χ0v) is 37.0. The van der Waals surface area contributed by atoms with Crippen molar-refractivity contribution in [1.29, 1.82) is 0 Å². The van der Waals surface area contributed by atoms with E-state index in [9.17, 15) is 18.0 Å². The number of carbonyl (C=O) groups is 2. The highest BCUT2D eigenvalue weighted by atomic mass is 32.2. The van der Waals surface area contributed by atoms with Gasteiger partial charge in [-0.1, -0.05) is 135 Å². The van der Waals surface area contributed by atoms with Crippen LogP contribution in [0.5, 0.6) is 0 Å². The molecule has 0 unspecified atom stereocenters. The van der Waals surface area contributed by atoms with E-state index in [1.54, 1.807) is 24.3 Å². The number of rotatable bonds is 22. The smallest absolute Gasteiger partial charge is 0.444 e. The molecular weight excluding hydrogens is 846 g/mol. The van der Waals surface area contributed by atoms with Gasteiger partial charge in [0.15, 0.2) is 0 Å². The molecule has 5 aromatic carbocycles. The van der Waals surface area contributed by atoms with E-state index in [4.69, 9.17) is 27.8 Å². The zero-order chi connectivity index (χ0) is 44.5. The van der Waals surface area contributed by atoms with Crippen molar-refractivity contribution in [1.82, 2.24) is 9.62 Å². The lowest BCUT2D eigenvalue weighted by molar-refractivity contribution is 0.0376. The monoisotopic (exact) mass is 899 g/mol. The maximum absolute atomic E-state index is 15.0. The third-order valence-corrected chi connectivity index (χ3v) is 13.1. The Kier molecular flexibility index (Phi) is 17.5. The molecule has 334 valence electrons. The third-order valence-electron chi connectivity index (χ3n) is 9.84. The number of hydrogen-bond acceptors (Lipinski definition) is 11. The zero-order valence-electron chi connectivity index (χ0n) is 35.3. The van der Waals surface area contributed by atoms with Gasteiger partial charge < -0.3 is 19.5 Å². The summed E-state index contributed by atoms with van der Waals surface area (Å²) < 4.78 is 80.7. The standard InChI is InChI=1S/C47H54N3O11PS/c1-36(2)30-50(63(54,55)43-25-23-41(24-26-43)48-46(51)57-32-38-17-9-4-10-18-38)31-45(44(29-37-15-7-3-8-16-37)49-47(52)60-42-27-28-56-35-42)61-62(53,58-33-39-19-11-5-12-20-39)59-34-40-21-13-6-14-22-40/h3-26,36,42,44-45H,27-35H2,1-2H3,(H,48,51)(H,49,52)/t42-,44-,45+/m0/s1. The van der Waals surface area contributed by atoms with E-state index >= 15 is 4.57 Å². The van der Waals surface area contributed by atoms with Crippen LogP contribution in [0.1, 0.15) is 42.5 Å². The van der Waals surface area contributed by atoms with Crippen molar-refractivity contribution in [2.45, 2.75) is 69.7 Å². The Morgan fingerprint density at radius 3 is 1.75 bits per heavy atom. The molecule has 0 saturated carbocycles. The molecule has 0 aliphatic carbocycles. The minimum absolute atomic E-state index is 0.00989. The molecule has 2 amide bonds. The van der Waals surface area contributed by atoms with E-state index in [1.807, 2.05) is 111 Å². The molecule has 3 atom stereocenters. The van der Waals surface area contributed by atoms with E-state index in [-0.39, 0.29) is 50.2 Å². The van der Waals surface area contributed by atoms with Crippen molar-refractivity contribution in [2.24, 2.45) is 5.92 Å². The van der Waals surface area contributed by atoms with Gasteiger partial charge in [0.1, 0.15) is 18.8 Å². The molecule has 14 nitrogen and oxygen atoms in total. The van der Waals surface area contributed by atoms with Crippen LogP contribution in [-0.2, 0) is 68.6 Å². The summed E-state index contributed by atoms with van der Waals surface area (Å²) in [7, 11) is -8.91. The number of amides is 2. The van der Waals surface area contributed by atoms with Crippen LogP contribution in [0.3, 0.4) is 0 Å². The summed E-state index contributed by atoms with van der Waals surface area (Å²) in [4.78, 5) is 26.2. The molecule has 0 spiro atoms. The van der Waals surface area contributed by atoms with Crippen LogP contribution >= 0.6 is 7.82 Å². The summed E-state index contributed by atoms with van der Waals surface area (Å²) in [5, 5.41) is 5.54. The lowest BCUT2D eigenvalue weighted by Crippen LogP contribution is -2.52. The Morgan fingerprint density at radius 1 is 0.714 bits per heavy atom. The average Bonchev–Trinajstić information content (AvgIpc) is 3.81. The molecule has 0 aromatic heterocycles. The number of sulfonamides is 1. The molecule has 2 N–H and O–H groups in total. The Balaban J connectivity index is 1.32. The van der Waals surface area contributed by atoms with Crippen molar-refractivity contribution in [3.05, 3.63) is 168 Å². The number of hydrogen-bond donors (Lipinski definition) is 2. The van der Waals surface area contributed by atoms with E-state index < -0.39 is 54.8 Å². The number of ether oxygens (including phenoxy) is 3. The Morgan fingerprint density at radius 2 is 1.24 bits per heavy atom. The fraction of sp³-hybridized carbons (Fsp3) is 0.319.